The molecule has 0 unspecified atom stereocenters. The van der Waals surface area contributed by atoms with Crippen LogP contribution in [0.25, 0.3) is 0 Å². The van der Waals surface area contributed by atoms with Gasteiger partial charge in [-0.2, -0.15) is 0 Å². The largest absolute Gasteiger partial charge is 0.461 e. The second kappa shape index (κ2) is 21.6. The predicted molar refractivity (Wildman–Crippen MR) is 129 cm³/mol. The topological polar surface area (TPSA) is 139 Å². The average Bonchev–Trinajstić information content (AvgIpc) is 3.20. The minimum absolute atomic E-state index is 0.0277. The quantitative estimate of drug-likeness (QED) is 0.0561. The van der Waals surface area contributed by atoms with Crippen molar-refractivity contribution in [3.63, 3.8) is 0 Å². The van der Waals surface area contributed by atoms with Crippen molar-refractivity contribution in [2.45, 2.75) is 32.1 Å². The molecule has 37 heavy (non-hydrogen) atoms. The summed E-state index contributed by atoms with van der Waals surface area (Å²) in [5.41, 5.74) is 0. The van der Waals surface area contributed by atoms with Gasteiger partial charge in [0.05, 0.1) is 65.8 Å². The lowest BCUT2D eigenvalue weighted by Gasteiger charge is -2.22. The number of imide groups is 1. The molecule has 1 fully saturated rings. The van der Waals surface area contributed by atoms with E-state index >= 15 is 0 Å². The molecule has 0 aromatic rings. The maximum atomic E-state index is 12.1. The molecule has 0 radical (unpaired) electrons. The van der Waals surface area contributed by atoms with Gasteiger partial charge in [-0.15, -0.1) is 5.06 Å². The molecule has 13 heteroatoms. The molecule has 0 aromatic heterocycles. The minimum Gasteiger partial charge on any atom is -0.461 e. The molecular formula is C24H40N2O11. The normalized spacial score (nSPS) is 13.4. The third kappa shape index (κ3) is 16.9. The second-order valence-corrected chi connectivity index (χ2v) is 7.86. The Hall–Kier alpha value is -2.42. The van der Waals surface area contributed by atoms with Gasteiger partial charge in [-0.05, 0) is 6.42 Å². The molecule has 0 saturated carbocycles. The second-order valence-electron chi connectivity index (χ2n) is 7.86. The molecule has 0 aromatic carbocycles. The van der Waals surface area contributed by atoms with Crippen LogP contribution in [0.4, 0.5) is 0 Å². The number of rotatable bonds is 24. The summed E-state index contributed by atoms with van der Waals surface area (Å²) < 4.78 is 31.7. The summed E-state index contributed by atoms with van der Waals surface area (Å²) in [5, 5.41) is 0.512. The van der Waals surface area contributed by atoms with E-state index in [1.54, 1.807) is 12.0 Å². The fraction of sp³-hybridized carbons (Fsp3) is 0.750. The molecule has 1 aliphatic heterocycles. The van der Waals surface area contributed by atoms with Crippen molar-refractivity contribution in [3.05, 3.63) is 12.7 Å². The van der Waals surface area contributed by atoms with Crippen molar-refractivity contribution < 1.29 is 52.4 Å². The molecule has 1 aliphatic rings. The van der Waals surface area contributed by atoms with Gasteiger partial charge in [0.1, 0.15) is 6.61 Å². The highest BCUT2D eigenvalue weighted by Crippen LogP contribution is 2.12. The van der Waals surface area contributed by atoms with Crippen LogP contribution in [0.15, 0.2) is 12.7 Å². The van der Waals surface area contributed by atoms with Crippen molar-refractivity contribution in [3.8, 4) is 0 Å². The molecule has 0 bridgehead atoms. The standard InChI is InChI=1S/C24H40N2O11/c1-3-11-36-23(29)7-9-25(10-8-24(30)37-26-21(27)5-6-22(26)28)20-35-13-4-12-32-16-17-34-19-18-33-15-14-31-2/h3H,1,4-20H2,2H3. The zero-order valence-corrected chi connectivity index (χ0v) is 21.7. The Labute approximate surface area is 217 Å². The lowest BCUT2D eigenvalue weighted by molar-refractivity contribution is -0.197. The Morgan fingerprint density at radius 1 is 0.838 bits per heavy atom. The van der Waals surface area contributed by atoms with Gasteiger partial charge in [0.15, 0.2) is 0 Å². The van der Waals surface area contributed by atoms with Gasteiger partial charge < -0.3 is 33.3 Å². The maximum absolute atomic E-state index is 12.1. The number of carbonyl (C=O) groups excluding carboxylic acids is 4. The Bertz CT molecular complexity index is 674. The number of carbonyl (C=O) groups is 4. The first-order chi connectivity index (χ1) is 18.0. The van der Waals surface area contributed by atoms with E-state index in [0.717, 1.165) is 0 Å². The number of hydrogen-bond donors (Lipinski definition) is 0. The summed E-state index contributed by atoms with van der Waals surface area (Å²) in [7, 11) is 1.62. The summed E-state index contributed by atoms with van der Waals surface area (Å²) in [4.78, 5) is 53.7. The van der Waals surface area contributed by atoms with Crippen LogP contribution in [0.1, 0.15) is 32.1 Å². The Balaban J connectivity index is 2.21. The third-order valence-electron chi connectivity index (χ3n) is 4.85. The van der Waals surface area contributed by atoms with E-state index in [2.05, 4.69) is 6.58 Å². The van der Waals surface area contributed by atoms with Crippen LogP contribution in [0, 0.1) is 0 Å². The van der Waals surface area contributed by atoms with E-state index in [1.165, 1.54) is 6.08 Å². The first-order valence-electron chi connectivity index (χ1n) is 12.3. The van der Waals surface area contributed by atoms with Gasteiger partial charge in [-0.25, -0.2) is 4.79 Å². The molecule has 0 aliphatic carbocycles. The lowest BCUT2D eigenvalue weighted by atomic mass is 10.3. The molecule has 1 heterocycles. The smallest absolute Gasteiger partial charge is 0.334 e. The van der Waals surface area contributed by atoms with Gasteiger partial charge in [0.2, 0.25) is 0 Å². The predicted octanol–water partition coefficient (Wildman–Crippen LogP) is 0.465. The SMILES string of the molecule is C=CCOC(=O)CCN(CCC(=O)ON1C(=O)CCC1=O)COCCCOCCOCCOCCOC. The number of nitrogens with zero attached hydrogens (tertiary/aromatic N) is 2. The van der Waals surface area contributed by atoms with Gasteiger partial charge in [0.25, 0.3) is 11.8 Å². The van der Waals surface area contributed by atoms with E-state index in [4.69, 9.17) is 33.3 Å². The molecule has 13 nitrogen and oxygen atoms in total. The molecule has 2 amide bonds. The molecule has 0 spiro atoms. The fourth-order valence-corrected chi connectivity index (χ4v) is 2.91. The van der Waals surface area contributed by atoms with Crippen LogP contribution in [0.2, 0.25) is 0 Å². The summed E-state index contributed by atoms with van der Waals surface area (Å²) in [6.45, 7) is 8.18. The highest BCUT2D eigenvalue weighted by Gasteiger charge is 2.32. The first-order valence-corrected chi connectivity index (χ1v) is 12.3. The monoisotopic (exact) mass is 532 g/mol. The van der Waals surface area contributed by atoms with Crippen LogP contribution in [0.5, 0.6) is 0 Å². The molecule has 0 atom stereocenters. The first kappa shape index (κ1) is 32.6. The summed E-state index contributed by atoms with van der Waals surface area (Å²) >= 11 is 0. The van der Waals surface area contributed by atoms with Gasteiger partial charge in [-0.3, -0.25) is 19.3 Å². The summed E-state index contributed by atoms with van der Waals surface area (Å²) in [6, 6.07) is 0. The van der Waals surface area contributed by atoms with E-state index in [0.29, 0.717) is 64.3 Å². The maximum Gasteiger partial charge on any atom is 0.334 e. The van der Waals surface area contributed by atoms with E-state index in [1.807, 2.05) is 0 Å². The Morgan fingerprint density at radius 3 is 1.97 bits per heavy atom. The molecule has 212 valence electrons. The number of hydroxylamine groups is 2. The number of methoxy groups -OCH3 is 1. The van der Waals surface area contributed by atoms with Crippen LogP contribution < -0.4 is 0 Å². The van der Waals surface area contributed by atoms with E-state index in [-0.39, 0.29) is 52.1 Å². The van der Waals surface area contributed by atoms with Gasteiger partial charge in [0, 0.05) is 39.6 Å². The zero-order chi connectivity index (χ0) is 27.1. The number of esters is 1. The van der Waals surface area contributed by atoms with Gasteiger partial charge in [-0.1, -0.05) is 12.7 Å². The zero-order valence-electron chi connectivity index (χ0n) is 21.7. The van der Waals surface area contributed by atoms with E-state index < -0.39 is 23.8 Å². The van der Waals surface area contributed by atoms with Crippen molar-refractivity contribution in [1.29, 1.82) is 0 Å². The molecule has 1 rings (SSSR count). The molecular weight excluding hydrogens is 492 g/mol. The number of hydrogen-bond acceptors (Lipinski definition) is 12. The van der Waals surface area contributed by atoms with Crippen LogP contribution >= 0.6 is 0 Å². The van der Waals surface area contributed by atoms with E-state index in [9.17, 15) is 19.2 Å². The van der Waals surface area contributed by atoms with Crippen LogP contribution in [0.3, 0.4) is 0 Å². The van der Waals surface area contributed by atoms with Crippen molar-refractivity contribution >= 4 is 23.8 Å². The summed E-state index contributed by atoms with van der Waals surface area (Å²) in [6.07, 6.45) is 2.18. The van der Waals surface area contributed by atoms with Crippen LogP contribution in [-0.2, 0) is 52.4 Å². The van der Waals surface area contributed by atoms with Crippen molar-refractivity contribution in [2.24, 2.45) is 0 Å². The number of amides is 2. The lowest BCUT2D eigenvalue weighted by Crippen LogP contribution is -2.35. The molecule has 0 N–H and O–H groups in total. The minimum atomic E-state index is -0.722. The Kier molecular flexibility index (Phi) is 19.1. The third-order valence-corrected chi connectivity index (χ3v) is 4.85. The van der Waals surface area contributed by atoms with Crippen molar-refractivity contribution in [2.75, 3.05) is 86.4 Å². The van der Waals surface area contributed by atoms with Gasteiger partial charge >= 0.3 is 11.9 Å². The highest BCUT2D eigenvalue weighted by atomic mass is 16.7. The fourth-order valence-electron chi connectivity index (χ4n) is 2.91. The highest BCUT2D eigenvalue weighted by molar-refractivity contribution is 6.01. The number of ether oxygens (including phenoxy) is 6. The summed E-state index contributed by atoms with van der Waals surface area (Å²) in [5.74, 6) is -2.20. The average molecular weight is 533 g/mol. The van der Waals surface area contributed by atoms with Crippen LogP contribution in [-0.4, -0.2) is 120 Å². The Morgan fingerprint density at radius 2 is 1.38 bits per heavy atom. The molecule has 1 saturated heterocycles. The van der Waals surface area contributed by atoms with Crippen molar-refractivity contribution in [1.82, 2.24) is 9.96 Å².